The van der Waals surface area contributed by atoms with Crippen molar-refractivity contribution in [3.05, 3.63) is 0 Å². The van der Waals surface area contributed by atoms with Crippen molar-refractivity contribution in [3.8, 4) is 0 Å². The van der Waals surface area contributed by atoms with Crippen LogP contribution in [0.1, 0.15) is 25.7 Å². The molecule has 2 atom stereocenters. The van der Waals surface area contributed by atoms with E-state index in [1.54, 1.807) is 0 Å². The molecule has 0 aliphatic heterocycles. The SMILES string of the molecule is COC(=O)C12CCCC1(C(=O)OC)C2. The van der Waals surface area contributed by atoms with Gasteiger partial charge in [0.2, 0.25) is 0 Å². The molecule has 0 amide bonds. The first-order valence-corrected chi connectivity index (χ1v) is 4.80. The summed E-state index contributed by atoms with van der Waals surface area (Å²) in [6.45, 7) is 0. The molecule has 0 aromatic rings. The highest BCUT2D eigenvalue weighted by atomic mass is 16.5. The lowest BCUT2D eigenvalue weighted by Crippen LogP contribution is -2.27. The number of fused-ring (bicyclic) bond motifs is 1. The van der Waals surface area contributed by atoms with Gasteiger partial charge in [-0.3, -0.25) is 9.59 Å². The second-order valence-corrected chi connectivity index (χ2v) is 4.18. The summed E-state index contributed by atoms with van der Waals surface area (Å²) in [6.07, 6.45) is 3.03. The van der Waals surface area contributed by atoms with Crippen LogP contribution in [0.4, 0.5) is 0 Å². The van der Waals surface area contributed by atoms with Gasteiger partial charge in [0.25, 0.3) is 0 Å². The van der Waals surface area contributed by atoms with Crippen LogP contribution in [0, 0.1) is 10.8 Å². The lowest BCUT2D eigenvalue weighted by atomic mass is 9.96. The third-order valence-electron chi connectivity index (χ3n) is 3.75. The molecule has 2 fully saturated rings. The molecule has 4 nitrogen and oxygen atoms in total. The predicted molar refractivity (Wildman–Crippen MR) is 47.4 cm³/mol. The Morgan fingerprint density at radius 1 is 1.00 bits per heavy atom. The van der Waals surface area contributed by atoms with E-state index >= 15 is 0 Å². The van der Waals surface area contributed by atoms with Crippen LogP contribution in [0.3, 0.4) is 0 Å². The number of esters is 2. The molecule has 78 valence electrons. The number of carbonyl (C=O) groups excluding carboxylic acids is 2. The average Bonchev–Trinajstić information content (AvgIpc) is 2.75. The molecule has 0 saturated heterocycles. The van der Waals surface area contributed by atoms with Gasteiger partial charge in [0.15, 0.2) is 0 Å². The fourth-order valence-corrected chi connectivity index (χ4v) is 2.95. The Hall–Kier alpha value is -1.06. The van der Waals surface area contributed by atoms with E-state index in [4.69, 9.17) is 9.47 Å². The van der Waals surface area contributed by atoms with Gasteiger partial charge < -0.3 is 9.47 Å². The summed E-state index contributed by atoms with van der Waals surface area (Å²) in [5.41, 5.74) is -1.09. The zero-order valence-corrected chi connectivity index (χ0v) is 8.46. The summed E-state index contributed by atoms with van der Waals surface area (Å²) in [5.74, 6) is -0.499. The molecule has 4 heteroatoms. The van der Waals surface area contributed by atoms with E-state index in [1.165, 1.54) is 14.2 Å². The minimum absolute atomic E-state index is 0.250. The first-order chi connectivity index (χ1) is 6.63. The van der Waals surface area contributed by atoms with Crippen molar-refractivity contribution in [1.82, 2.24) is 0 Å². The first-order valence-electron chi connectivity index (χ1n) is 4.80. The third-order valence-corrected chi connectivity index (χ3v) is 3.75. The first kappa shape index (κ1) is 9.49. The zero-order chi connectivity index (χ0) is 10.4. The molecule has 2 aliphatic carbocycles. The lowest BCUT2D eigenvalue weighted by molar-refractivity contribution is -0.156. The summed E-state index contributed by atoms with van der Waals surface area (Å²) < 4.78 is 9.50. The highest BCUT2D eigenvalue weighted by Crippen LogP contribution is 2.74. The van der Waals surface area contributed by atoms with Gasteiger partial charge in [0.1, 0.15) is 0 Å². The zero-order valence-electron chi connectivity index (χ0n) is 8.46. The molecule has 0 bridgehead atoms. The third kappa shape index (κ3) is 0.837. The van der Waals surface area contributed by atoms with Gasteiger partial charge in [-0.1, -0.05) is 6.42 Å². The smallest absolute Gasteiger partial charge is 0.313 e. The number of methoxy groups -OCH3 is 2. The highest BCUT2D eigenvalue weighted by molar-refractivity contribution is 5.95. The van der Waals surface area contributed by atoms with Crippen molar-refractivity contribution in [2.75, 3.05) is 14.2 Å². The van der Waals surface area contributed by atoms with Crippen molar-refractivity contribution in [3.63, 3.8) is 0 Å². The number of carbonyl (C=O) groups is 2. The molecule has 0 aromatic heterocycles. The number of hydrogen-bond acceptors (Lipinski definition) is 4. The van der Waals surface area contributed by atoms with Crippen molar-refractivity contribution in [2.24, 2.45) is 10.8 Å². The molecule has 2 saturated carbocycles. The fraction of sp³-hybridized carbons (Fsp3) is 0.800. The summed E-state index contributed by atoms with van der Waals surface area (Å²) in [6, 6.07) is 0. The van der Waals surface area contributed by atoms with E-state index in [-0.39, 0.29) is 11.9 Å². The van der Waals surface area contributed by atoms with Crippen LogP contribution >= 0.6 is 0 Å². The average molecular weight is 198 g/mol. The quantitative estimate of drug-likeness (QED) is 0.618. The van der Waals surface area contributed by atoms with Crippen LogP contribution < -0.4 is 0 Å². The van der Waals surface area contributed by atoms with E-state index < -0.39 is 10.8 Å². The second-order valence-electron chi connectivity index (χ2n) is 4.18. The van der Waals surface area contributed by atoms with E-state index in [1.807, 2.05) is 0 Å². The van der Waals surface area contributed by atoms with Crippen LogP contribution in [0.5, 0.6) is 0 Å². The molecule has 14 heavy (non-hydrogen) atoms. The molecule has 2 aliphatic rings. The van der Waals surface area contributed by atoms with Gasteiger partial charge in [-0.25, -0.2) is 0 Å². The molecule has 2 rings (SSSR count). The van der Waals surface area contributed by atoms with Crippen LogP contribution in [0.2, 0.25) is 0 Å². The number of rotatable bonds is 2. The van der Waals surface area contributed by atoms with Crippen molar-refractivity contribution in [1.29, 1.82) is 0 Å². The monoisotopic (exact) mass is 198 g/mol. The van der Waals surface area contributed by atoms with Crippen molar-refractivity contribution in [2.45, 2.75) is 25.7 Å². The van der Waals surface area contributed by atoms with Crippen LogP contribution in [0.15, 0.2) is 0 Å². The van der Waals surface area contributed by atoms with Crippen LogP contribution in [-0.4, -0.2) is 26.2 Å². The van der Waals surface area contributed by atoms with E-state index in [9.17, 15) is 9.59 Å². The summed E-state index contributed by atoms with van der Waals surface area (Å²) in [4.78, 5) is 23.1. The Morgan fingerprint density at radius 3 is 1.79 bits per heavy atom. The molecule has 0 spiro atoms. The molecule has 2 unspecified atom stereocenters. The Bertz CT molecular complexity index is 270. The second kappa shape index (κ2) is 2.72. The lowest BCUT2D eigenvalue weighted by Gasteiger charge is -2.13. The molecule has 0 aromatic carbocycles. The van der Waals surface area contributed by atoms with E-state index in [2.05, 4.69) is 0 Å². The molecular formula is C10H14O4. The maximum absolute atomic E-state index is 11.6. The number of hydrogen-bond donors (Lipinski definition) is 0. The summed E-state index contributed by atoms with van der Waals surface area (Å²) in [7, 11) is 2.74. The molecule has 0 N–H and O–H groups in total. The maximum atomic E-state index is 11.6. The largest absolute Gasteiger partial charge is 0.469 e. The summed E-state index contributed by atoms with van der Waals surface area (Å²) in [5, 5.41) is 0. The minimum atomic E-state index is -0.547. The Balaban J connectivity index is 2.25. The fourth-order valence-electron chi connectivity index (χ4n) is 2.95. The minimum Gasteiger partial charge on any atom is -0.469 e. The van der Waals surface area contributed by atoms with Crippen LogP contribution in [-0.2, 0) is 19.1 Å². The summed E-state index contributed by atoms with van der Waals surface area (Å²) >= 11 is 0. The van der Waals surface area contributed by atoms with Crippen molar-refractivity contribution >= 4 is 11.9 Å². The number of ether oxygens (including phenoxy) is 2. The Kier molecular flexibility index (Phi) is 1.84. The molecular weight excluding hydrogens is 184 g/mol. The van der Waals surface area contributed by atoms with Gasteiger partial charge in [-0.2, -0.15) is 0 Å². The standard InChI is InChI=1S/C10H14O4/c1-13-7(11)9-4-3-5-10(9,6-9)8(12)14-2/h3-6H2,1-2H3. The predicted octanol–water partition coefficient (Wildman–Crippen LogP) is 0.893. The molecule has 0 heterocycles. The van der Waals surface area contributed by atoms with Gasteiger partial charge in [-0.05, 0) is 19.3 Å². The Morgan fingerprint density at radius 2 is 1.43 bits per heavy atom. The van der Waals surface area contributed by atoms with Gasteiger partial charge in [0, 0.05) is 0 Å². The van der Waals surface area contributed by atoms with Crippen molar-refractivity contribution < 1.29 is 19.1 Å². The van der Waals surface area contributed by atoms with Gasteiger partial charge in [0.05, 0.1) is 25.0 Å². The van der Waals surface area contributed by atoms with Crippen LogP contribution in [0.25, 0.3) is 0 Å². The Labute approximate surface area is 82.6 Å². The topological polar surface area (TPSA) is 52.6 Å². The van der Waals surface area contributed by atoms with E-state index in [0.717, 1.165) is 19.3 Å². The van der Waals surface area contributed by atoms with E-state index in [0.29, 0.717) is 6.42 Å². The van der Waals surface area contributed by atoms with Gasteiger partial charge in [-0.15, -0.1) is 0 Å². The normalized spacial score (nSPS) is 38.7. The molecule has 0 radical (unpaired) electrons. The maximum Gasteiger partial charge on any atom is 0.313 e. The highest BCUT2D eigenvalue weighted by Gasteiger charge is 2.79. The van der Waals surface area contributed by atoms with Gasteiger partial charge >= 0.3 is 11.9 Å².